The summed E-state index contributed by atoms with van der Waals surface area (Å²) in [6.07, 6.45) is 2.96. The molecule has 28 heavy (non-hydrogen) atoms. The summed E-state index contributed by atoms with van der Waals surface area (Å²) in [4.78, 5) is 7.60. The number of aliphatic imine (C=N–C) groups is 1. The zero-order chi connectivity index (χ0) is 19.9. The molecule has 148 valence electrons. The molecule has 0 aliphatic carbocycles. The minimum Gasteiger partial charge on any atom is -0.380 e. The highest BCUT2D eigenvalue weighted by molar-refractivity contribution is 5.86. The van der Waals surface area contributed by atoms with Gasteiger partial charge >= 0.3 is 0 Å². The van der Waals surface area contributed by atoms with E-state index in [1.54, 1.807) is 20.2 Å². The molecule has 0 spiro atoms. The predicted molar refractivity (Wildman–Crippen MR) is 112 cm³/mol. The molecule has 0 fully saturated rings. The fraction of sp³-hybridized carbons (Fsp3) is 0.318. The van der Waals surface area contributed by atoms with Gasteiger partial charge in [0.1, 0.15) is 5.82 Å². The Morgan fingerprint density at radius 1 is 1.18 bits per heavy atom. The van der Waals surface area contributed by atoms with Crippen LogP contribution in [0.3, 0.4) is 0 Å². The van der Waals surface area contributed by atoms with Gasteiger partial charge in [0, 0.05) is 49.9 Å². The van der Waals surface area contributed by atoms with Gasteiger partial charge < -0.3 is 20.4 Å². The number of aryl methyl sites for hydroxylation is 1. The number of nitrogens with zero attached hydrogens (tertiary/aromatic N) is 1. The van der Waals surface area contributed by atoms with Gasteiger partial charge in [0.15, 0.2) is 5.96 Å². The molecule has 6 heteroatoms. The Balaban J connectivity index is 1.54. The number of H-pyrrole nitrogens is 1. The maximum absolute atomic E-state index is 13.7. The highest BCUT2D eigenvalue weighted by atomic mass is 19.1. The van der Waals surface area contributed by atoms with Crippen LogP contribution in [0.4, 0.5) is 4.39 Å². The monoisotopic (exact) mass is 382 g/mol. The van der Waals surface area contributed by atoms with Crippen LogP contribution in [0.1, 0.15) is 22.3 Å². The van der Waals surface area contributed by atoms with Crippen LogP contribution in [0.25, 0.3) is 10.9 Å². The smallest absolute Gasteiger partial charge is 0.191 e. The number of methoxy groups -OCH3 is 1. The van der Waals surface area contributed by atoms with E-state index in [4.69, 9.17) is 4.74 Å². The summed E-state index contributed by atoms with van der Waals surface area (Å²) < 4.78 is 18.8. The van der Waals surface area contributed by atoms with Crippen LogP contribution in [0.15, 0.2) is 47.6 Å². The number of ether oxygens (including phenoxy) is 1. The Kier molecular flexibility index (Phi) is 6.66. The SMILES string of the molecule is CN=C(NCCc1c[nH]c2cccc(C)c12)NCc1ccc(F)c(COC)c1. The zero-order valence-corrected chi connectivity index (χ0v) is 16.6. The summed E-state index contributed by atoms with van der Waals surface area (Å²) in [6.45, 7) is 3.72. The molecule has 3 rings (SSSR count). The Hall–Kier alpha value is -2.86. The molecule has 0 radical (unpaired) electrons. The van der Waals surface area contributed by atoms with Crippen molar-refractivity contribution in [3.05, 3.63) is 70.7 Å². The molecule has 0 aliphatic rings. The average Bonchev–Trinajstić information content (AvgIpc) is 3.11. The molecule has 0 saturated heterocycles. The molecule has 0 bridgehead atoms. The maximum Gasteiger partial charge on any atom is 0.191 e. The van der Waals surface area contributed by atoms with Crippen molar-refractivity contribution in [2.45, 2.75) is 26.5 Å². The van der Waals surface area contributed by atoms with Gasteiger partial charge in [-0.2, -0.15) is 0 Å². The van der Waals surface area contributed by atoms with Crippen LogP contribution in [0.2, 0.25) is 0 Å². The lowest BCUT2D eigenvalue weighted by Crippen LogP contribution is -2.37. The minimum atomic E-state index is -0.248. The molecule has 3 N–H and O–H groups in total. The summed E-state index contributed by atoms with van der Waals surface area (Å²) >= 11 is 0. The Labute approximate surface area is 165 Å². The van der Waals surface area contributed by atoms with Crippen LogP contribution in [-0.4, -0.2) is 31.6 Å². The van der Waals surface area contributed by atoms with Gasteiger partial charge in [-0.3, -0.25) is 4.99 Å². The molecule has 0 atom stereocenters. The number of benzene rings is 2. The largest absolute Gasteiger partial charge is 0.380 e. The van der Waals surface area contributed by atoms with E-state index in [9.17, 15) is 4.39 Å². The summed E-state index contributed by atoms with van der Waals surface area (Å²) in [5.41, 5.74) is 5.27. The molecule has 1 heterocycles. The quantitative estimate of drug-likeness (QED) is 0.432. The lowest BCUT2D eigenvalue weighted by molar-refractivity contribution is 0.181. The number of halogens is 1. The third-order valence-electron chi connectivity index (χ3n) is 4.78. The van der Waals surface area contributed by atoms with Crippen molar-refractivity contribution in [1.29, 1.82) is 0 Å². The van der Waals surface area contributed by atoms with Gasteiger partial charge in [-0.25, -0.2) is 4.39 Å². The molecule has 0 aliphatic heterocycles. The summed E-state index contributed by atoms with van der Waals surface area (Å²) in [5, 5.41) is 7.91. The molecule has 1 aromatic heterocycles. The Morgan fingerprint density at radius 3 is 2.82 bits per heavy atom. The second-order valence-corrected chi connectivity index (χ2v) is 6.77. The second kappa shape index (κ2) is 9.37. The molecule has 0 saturated carbocycles. The number of aromatic nitrogens is 1. The molecule has 5 nitrogen and oxygen atoms in total. The van der Waals surface area contributed by atoms with E-state index in [0.717, 1.165) is 18.5 Å². The normalized spacial score (nSPS) is 11.8. The fourth-order valence-electron chi connectivity index (χ4n) is 3.37. The molecule has 2 aromatic carbocycles. The standard InChI is InChI=1S/C22H27FN4O/c1-15-5-4-6-20-21(15)17(13-26-20)9-10-25-22(24-2)27-12-16-7-8-19(23)18(11-16)14-28-3/h4-8,11,13,26H,9-10,12,14H2,1-3H3,(H2,24,25,27). The number of hydrogen-bond donors (Lipinski definition) is 3. The third-order valence-corrected chi connectivity index (χ3v) is 4.78. The molecule has 0 amide bonds. The van der Waals surface area contributed by atoms with Crippen LogP contribution in [0.5, 0.6) is 0 Å². The van der Waals surface area contributed by atoms with E-state index in [2.05, 4.69) is 51.9 Å². The molecule has 3 aromatic rings. The summed E-state index contributed by atoms with van der Waals surface area (Å²) in [5.74, 6) is 0.469. The van der Waals surface area contributed by atoms with Gasteiger partial charge in [0.2, 0.25) is 0 Å². The van der Waals surface area contributed by atoms with Crippen molar-refractivity contribution >= 4 is 16.9 Å². The highest BCUT2D eigenvalue weighted by Gasteiger charge is 2.07. The van der Waals surface area contributed by atoms with Crippen molar-refractivity contribution in [2.75, 3.05) is 20.7 Å². The maximum atomic E-state index is 13.7. The molecule has 0 unspecified atom stereocenters. The van der Waals surface area contributed by atoms with E-state index in [1.807, 2.05) is 6.07 Å². The van der Waals surface area contributed by atoms with Crippen LogP contribution < -0.4 is 10.6 Å². The lowest BCUT2D eigenvalue weighted by atomic mass is 10.1. The van der Waals surface area contributed by atoms with Crippen molar-refractivity contribution in [3.8, 4) is 0 Å². The summed E-state index contributed by atoms with van der Waals surface area (Å²) in [6, 6.07) is 11.3. The number of fused-ring (bicyclic) bond motifs is 1. The first-order valence-corrected chi connectivity index (χ1v) is 9.38. The average molecular weight is 382 g/mol. The van der Waals surface area contributed by atoms with Gasteiger partial charge in [0.25, 0.3) is 0 Å². The van der Waals surface area contributed by atoms with Crippen LogP contribution >= 0.6 is 0 Å². The number of aromatic amines is 1. The fourth-order valence-corrected chi connectivity index (χ4v) is 3.37. The van der Waals surface area contributed by atoms with Crippen molar-refractivity contribution in [3.63, 3.8) is 0 Å². The van der Waals surface area contributed by atoms with Crippen LogP contribution in [0, 0.1) is 12.7 Å². The van der Waals surface area contributed by atoms with Gasteiger partial charge in [0.05, 0.1) is 6.61 Å². The lowest BCUT2D eigenvalue weighted by Gasteiger charge is -2.13. The van der Waals surface area contributed by atoms with E-state index in [1.165, 1.54) is 28.1 Å². The molecular formula is C22H27FN4O. The number of rotatable bonds is 7. The Morgan fingerprint density at radius 2 is 2.04 bits per heavy atom. The van der Waals surface area contributed by atoms with Crippen molar-refractivity contribution in [2.24, 2.45) is 4.99 Å². The number of hydrogen-bond acceptors (Lipinski definition) is 2. The minimum absolute atomic E-state index is 0.248. The van der Waals surface area contributed by atoms with Crippen molar-refractivity contribution < 1.29 is 9.13 Å². The first-order chi connectivity index (χ1) is 13.6. The van der Waals surface area contributed by atoms with Gasteiger partial charge in [-0.15, -0.1) is 0 Å². The predicted octanol–water partition coefficient (Wildman–Crippen LogP) is 3.67. The van der Waals surface area contributed by atoms with Gasteiger partial charge in [-0.05, 0) is 48.2 Å². The van der Waals surface area contributed by atoms with E-state index in [0.29, 0.717) is 18.1 Å². The van der Waals surface area contributed by atoms with Gasteiger partial charge in [-0.1, -0.05) is 18.2 Å². The molecular weight excluding hydrogens is 355 g/mol. The first-order valence-electron chi connectivity index (χ1n) is 9.38. The second-order valence-electron chi connectivity index (χ2n) is 6.77. The summed E-state index contributed by atoms with van der Waals surface area (Å²) in [7, 11) is 3.30. The zero-order valence-electron chi connectivity index (χ0n) is 16.6. The van der Waals surface area contributed by atoms with E-state index >= 15 is 0 Å². The third kappa shape index (κ3) is 4.70. The Bertz CT molecular complexity index is 964. The first kappa shape index (κ1) is 19.9. The van der Waals surface area contributed by atoms with Crippen LogP contribution in [-0.2, 0) is 24.3 Å². The number of guanidine groups is 1. The number of nitrogens with one attached hydrogen (secondary N) is 3. The topological polar surface area (TPSA) is 61.4 Å². The van der Waals surface area contributed by atoms with Crippen molar-refractivity contribution in [1.82, 2.24) is 15.6 Å². The van der Waals surface area contributed by atoms with E-state index in [-0.39, 0.29) is 12.4 Å². The van der Waals surface area contributed by atoms with E-state index < -0.39 is 0 Å². The highest BCUT2D eigenvalue weighted by Crippen LogP contribution is 2.22.